The summed E-state index contributed by atoms with van der Waals surface area (Å²) in [7, 11) is 3.27. The molecule has 0 bridgehead atoms. The molecule has 0 amide bonds. The summed E-state index contributed by atoms with van der Waals surface area (Å²) in [5.74, 6) is 3.56. The minimum absolute atomic E-state index is 0.0227. The number of aromatic nitrogens is 2. The largest absolute Gasteiger partial charge is 0.497 e. The molecule has 1 aliphatic carbocycles. The molecule has 4 atom stereocenters. The molecule has 10 heteroatoms. The van der Waals surface area contributed by atoms with Crippen molar-refractivity contribution in [1.29, 1.82) is 0 Å². The highest BCUT2D eigenvalue weighted by Crippen LogP contribution is 2.43. The van der Waals surface area contributed by atoms with Gasteiger partial charge in [-0.25, -0.2) is 4.79 Å². The van der Waals surface area contributed by atoms with Crippen molar-refractivity contribution < 1.29 is 28.8 Å². The molecule has 4 aromatic rings. The molecule has 2 N–H and O–H groups in total. The maximum atomic E-state index is 13.3. The molecule has 2 heterocycles. The fraction of sp³-hybridized carbons (Fsp3) is 0.372. The van der Waals surface area contributed by atoms with Crippen molar-refractivity contribution in [2.24, 2.45) is 5.92 Å². The molecule has 3 aromatic carbocycles. The third-order valence-corrected chi connectivity index (χ3v) is 9.64. The van der Waals surface area contributed by atoms with Gasteiger partial charge in [0.25, 0.3) is 0 Å². The van der Waals surface area contributed by atoms with Crippen molar-refractivity contribution in [3.05, 3.63) is 150 Å². The molecule has 6 rings (SSSR count). The molecule has 1 aromatic heterocycles. The number of methoxy groups -OCH3 is 2. The van der Waals surface area contributed by atoms with Crippen LogP contribution in [0.15, 0.2) is 95.9 Å². The lowest BCUT2D eigenvalue weighted by molar-refractivity contribution is -0.104. The summed E-state index contributed by atoms with van der Waals surface area (Å²) >= 11 is 0. The molecule has 53 heavy (non-hydrogen) atoms. The van der Waals surface area contributed by atoms with Crippen molar-refractivity contribution >= 4 is 5.82 Å². The number of hydrogen-bond donors (Lipinski definition) is 2. The Morgan fingerprint density at radius 1 is 0.868 bits per heavy atom. The first-order valence-corrected chi connectivity index (χ1v) is 18.3. The zero-order valence-electron chi connectivity index (χ0n) is 30.9. The van der Waals surface area contributed by atoms with Gasteiger partial charge in [-0.15, -0.1) is 0 Å². The molecule has 1 saturated carbocycles. The Hall–Kier alpha value is -4.22. The Balaban J connectivity index is 1.31. The summed E-state index contributed by atoms with van der Waals surface area (Å²) in [5, 5.41) is 15.0. The van der Waals surface area contributed by atoms with E-state index in [1.807, 2.05) is 91.7 Å². The van der Waals surface area contributed by atoms with Gasteiger partial charge in [0.1, 0.15) is 41.2 Å². The molecule has 10 nitrogen and oxygen atoms in total. The van der Waals surface area contributed by atoms with Crippen molar-refractivity contribution in [3.8, 4) is 11.5 Å². The highest BCUT2D eigenvalue weighted by Gasteiger charge is 2.48. The number of unbranched alkanes of at least 4 members (excludes halogenated alkanes) is 1. The Morgan fingerprint density at radius 2 is 1.49 bits per heavy atom. The number of aliphatic hydroxyl groups is 1. The number of benzene rings is 3. The van der Waals surface area contributed by atoms with Gasteiger partial charge in [0.2, 0.25) is 0 Å². The van der Waals surface area contributed by atoms with E-state index in [1.54, 1.807) is 26.5 Å². The summed E-state index contributed by atoms with van der Waals surface area (Å²) < 4.78 is 32.5. The van der Waals surface area contributed by atoms with E-state index >= 15 is 0 Å². The van der Waals surface area contributed by atoms with E-state index in [2.05, 4.69) is 37.0 Å². The van der Waals surface area contributed by atoms with Crippen LogP contribution in [0.2, 0.25) is 0 Å². The van der Waals surface area contributed by atoms with Crippen LogP contribution < -0.4 is 20.5 Å². The Kier molecular flexibility index (Phi) is 13.2. The molecule has 279 valence electrons. The normalized spacial score (nSPS) is 20.6. The summed E-state index contributed by atoms with van der Waals surface area (Å²) in [6.07, 6.45) is 8.85. The number of rotatable bonds is 18. The SMILES string of the molecule is COc1ccc(C(OC[C@H]2O[C@@H](n3ccc(NCC(C)C)nc3=O)[C@H](O)[C@@H]2OCCCC[C]2[CH][CH][CH][CH]2)(c2ccccc2)c2ccc(OC)cc2)cc1. The molecular weight excluding hydrogens is 670 g/mol. The van der Waals surface area contributed by atoms with E-state index in [-0.39, 0.29) is 6.61 Å². The van der Waals surface area contributed by atoms with Gasteiger partial charge in [-0.3, -0.25) is 4.57 Å². The second-order valence-corrected chi connectivity index (χ2v) is 13.7. The molecule has 2 fully saturated rings. The molecule has 1 aliphatic heterocycles. The van der Waals surface area contributed by atoms with Crippen LogP contribution in [0.25, 0.3) is 0 Å². The first-order valence-electron chi connectivity index (χ1n) is 18.3. The quantitative estimate of drug-likeness (QED) is 0.0873. The van der Waals surface area contributed by atoms with Gasteiger partial charge in [-0.1, -0.05) is 74.9 Å². The Labute approximate surface area is 313 Å². The molecule has 2 aliphatic rings. The van der Waals surface area contributed by atoms with Gasteiger partial charge < -0.3 is 34.1 Å². The van der Waals surface area contributed by atoms with Crippen molar-refractivity contribution in [1.82, 2.24) is 9.55 Å². The monoisotopic (exact) mass is 720 g/mol. The third-order valence-electron chi connectivity index (χ3n) is 9.64. The van der Waals surface area contributed by atoms with Gasteiger partial charge in [0, 0.05) is 19.3 Å². The summed E-state index contributed by atoms with van der Waals surface area (Å²) in [4.78, 5) is 17.6. The minimum Gasteiger partial charge on any atom is -0.497 e. The van der Waals surface area contributed by atoms with E-state index in [1.165, 1.54) is 10.5 Å². The standard InChI is InChI=1S/C43H50N3O7/c1-30(2)28-44-38-25-26-46(42(48)45-38)41-39(47)40(51-27-11-10-14-31-12-8-9-13-31)37(53-41)29-52-43(32-15-6-5-7-16-32,33-17-21-35(49-3)22-18-33)34-19-23-36(50-4)24-20-34/h5-9,12-13,15-26,30,37,39-41,47H,10-11,14,27-29H2,1-4H3,(H,44,45,48)/t37-,39-,40-,41-/m1/s1. The van der Waals surface area contributed by atoms with Crippen molar-refractivity contribution in [2.45, 2.75) is 63.3 Å². The van der Waals surface area contributed by atoms with Gasteiger partial charge in [-0.05, 0) is 97.4 Å². The van der Waals surface area contributed by atoms with Crippen LogP contribution in [0.3, 0.4) is 0 Å². The van der Waals surface area contributed by atoms with E-state index in [4.69, 9.17) is 23.7 Å². The van der Waals surface area contributed by atoms with Crippen LogP contribution in [-0.4, -0.2) is 66.9 Å². The van der Waals surface area contributed by atoms with E-state index < -0.39 is 35.8 Å². The van der Waals surface area contributed by atoms with Crippen LogP contribution >= 0.6 is 0 Å². The van der Waals surface area contributed by atoms with Crippen LogP contribution in [0.5, 0.6) is 11.5 Å². The summed E-state index contributed by atoms with van der Waals surface area (Å²) in [6.45, 7) is 5.26. The molecule has 0 spiro atoms. The Bertz CT molecular complexity index is 1710. The first-order chi connectivity index (χ1) is 25.8. The maximum absolute atomic E-state index is 13.3. The number of nitrogens with one attached hydrogen (secondary N) is 1. The van der Waals surface area contributed by atoms with Crippen molar-refractivity contribution in [3.63, 3.8) is 0 Å². The second-order valence-electron chi connectivity index (χ2n) is 13.7. The zero-order chi connectivity index (χ0) is 37.2. The topological polar surface area (TPSA) is 113 Å². The number of anilines is 1. The lowest BCUT2D eigenvalue weighted by atomic mass is 9.80. The van der Waals surface area contributed by atoms with Gasteiger partial charge in [-0.2, -0.15) is 4.98 Å². The average Bonchev–Trinajstić information content (AvgIpc) is 3.82. The highest BCUT2D eigenvalue weighted by atomic mass is 16.6. The number of aliphatic hydroxyl groups excluding tert-OH is 1. The molecular formula is C43H50N3O7. The summed E-state index contributed by atoms with van der Waals surface area (Å²) in [6, 6.07) is 27.3. The van der Waals surface area contributed by atoms with Crippen molar-refractivity contribution in [2.75, 3.05) is 39.3 Å². The predicted molar refractivity (Wildman–Crippen MR) is 204 cm³/mol. The predicted octanol–water partition coefficient (Wildman–Crippen LogP) is 6.56. The van der Waals surface area contributed by atoms with Crippen LogP contribution in [0.1, 0.15) is 56.0 Å². The maximum Gasteiger partial charge on any atom is 0.351 e. The van der Waals surface area contributed by atoms with Crippen LogP contribution in [0, 0.1) is 37.5 Å². The van der Waals surface area contributed by atoms with Gasteiger partial charge in [0.15, 0.2) is 6.23 Å². The Morgan fingerprint density at radius 3 is 2.08 bits per heavy atom. The number of nitrogens with zero attached hydrogens (tertiary/aromatic N) is 2. The molecule has 5 radical (unpaired) electrons. The van der Waals surface area contributed by atoms with Crippen LogP contribution in [0.4, 0.5) is 5.82 Å². The van der Waals surface area contributed by atoms with E-state index in [9.17, 15) is 9.90 Å². The minimum atomic E-state index is -1.17. The zero-order valence-corrected chi connectivity index (χ0v) is 30.9. The van der Waals surface area contributed by atoms with Gasteiger partial charge in [0.05, 0.1) is 20.8 Å². The molecule has 1 saturated heterocycles. The second kappa shape index (κ2) is 18.2. The smallest absolute Gasteiger partial charge is 0.351 e. The summed E-state index contributed by atoms with van der Waals surface area (Å²) in [5.41, 5.74) is 0.964. The molecule has 0 unspecified atom stereocenters. The van der Waals surface area contributed by atoms with Crippen LogP contribution in [-0.2, 0) is 19.8 Å². The fourth-order valence-electron chi connectivity index (χ4n) is 6.82. The third kappa shape index (κ3) is 9.12. The number of ether oxygens (including phenoxy) is 5. The lowest BCUT2D eigenvalue weighted by Crippen LogP contribution is -2.41. The first kappa shape index (κ1) is 38.5. The average molecular weight is 721 g/mol. The van der Waals surface area contributed by atoms with E-state index in [0.29, 0.717) is 36.4 Å². The highest BCUT2D eigenvalue weighted by molar-refractivity contribution is 5.50. The van der Waals surface area contributed by atoms with E-state index in [0.717, 1.165) is 36.0 Å². The number of hydrogen-bond acceptors (Lipinski definition) is 9. The fourth-order valence-corrected chi connectivity index (χ4v) is 6.82. The van der Waals surface area contributed by atoms with Gasteiger partial charge >= 0.3 is 5.69 Å². The lowest BCUT2D eigenvalue weighted by Gasteiger charge is -2.37.